The Bertz CT molecular complexity index is 626. The highest BCUT2D eigenvalue weighted by Crippen LogP contribution is 2.29. The van der Waals surface area contributed by atoms with Crippen LogP contribution in [-0.2, 0) is 23.9 Å². The summed E-state index contributed by atoms with van der Waals surface area (Å²) in [5.74, 6) is -1.38. The fraction of sp³-hybridized carbons (Fsp3) is 0.870. The van der Waals surface area contributed by atoms with Crippen LogP contribution in [0.1, 0.15) is 71.1 Å². The van der Waals surface area contributed by atoms with E-state index in [0.717, 1.165) is 70.9 Å². The van der Waals surface area contributed by atoms with Crippen molar-refractivity contribution in [2.75, 3.05) is 39.5 Å². The molecule has 9 nitrogen and oxygen atoms in total. The largest absolute Gasteiger partial charge is 0.379 e. The molecule has 0 aromatic rings. The van der Waals surface area contributed by atoms with E-state index in [-0.39, 0.29) is 12.0 Å². The SMILES string of the molecule is CCCC[C@H](NC(=O)C1(NN2CCOCC2)CCCCC1)C(=O)C(=O)NCC1CCCO1. The number of rotatable bonds is 11. The number of hydrogen-bond acceptors (Lipinski definition) is 7. The topological polar surface area (TPSA) is 109 Å². The first-order chi connectivity index (χ1) is 15.5. The molecule has 0 aromatic carbocycles. The standard InChI is InChI=1S/C23H40N4O5/c1-2-3-9-19(20(28)21(29)24-17-18-8-7-14-32-18)25-22(30)23(10-5-4-6-11-23)26-27-12-15-31-16-13-27/h18-19,26H,2-17H2,1H3,(H,24,29)(H,25,30)/t18?,19-/m0/s1. The summed E-state index contributed by atoms with van der Waals surface area (Å²) in [5, 5.41) is 7.73. The zero-order chi connectivity index (χ0) is 22.8. The van der Waals surface area contributed by atoms with Crippen LogP contribution in [0.3, 0.4) is 0 Å². The quantitative estimate of drug-likeness (QED) is 0.402. The third kappa shape index (κ3) is 6.97. The average molecular weight is 453 g/mol. The van der Waals surface area contributed by atoms with E-state index in [1.54, 1.807) is 0 Å². The van der Waals surface area contributed by atoms with Crippen molar-refractivity contribution in [3.8, 4) is 0 Å². The lowest BCUT2D eigenvalue weighted by Gasteiger charge is -2.42. The lowest BCUT2D eigenvalue weighted by Crippen LogP contribution is -2.66. The third-order valence-electron chi connectivity index (χ3n) is 6.73. The van der Waals surface area contributed by atoms with Gasteiger partial charge in [0, 0.05) is 26.2 Å². The number of hydrogen-bond donors (Lipinski definition) is 3. The Morgan fingerprint density at radius 2 is 1.81 bits per heavy atom. The van der Waals surface area contributed by atoms with E-state index in [0.29, 0.717) is 32.8 Å². The van der Waals surface area contributed by atoms with Crippen LogP contribution >= 0.6 is 0 Å². The predicted octanol–water partition coefficient (Wildman–Crippen LogP) is 1.07. The van der Waals surface area contributed by atoms with E-state index >= 15 is 0 Å². The number of unbranched alkanes of at least 4 members (excludes halogenated alkanes) is 1. The maximum atomic E-state index is 13.5. The second-order valence-electron chi connectivity index (χ2n) is 9.23. The second-order valence-corrected chi connectivity index (χ2v) is 9.23. The fourth-order valence-electron chi connectivity index (χ4n) is 4.75. The zero-order valence-electron chi connectivity index (χ0n) is 19.5. The smallest absolute Gasteiger partial charge is 0.289 e. The van der Waals surface area contributed by atoms with Crippen LogP contribution in [0.4, 0.5) is 0 Å². The molecule has 32 heavy (non-hydrogen) atoms. The van der Waals surface area contributed by atoms with Gasteiger partial charge in [0.2, 0.25) is 11.7 Å². The maximum absolute atomic E-state index is 13.5. The molecule has 9 heteroatoms. The molecule has 2 aliphatic heterocycles. The molecule has 3 N–H and O–H groups in total. The number of amides is 2. The summed E-state index contributed by atoms with van der Waals surface area (Å²) in [6.45, 7) is 5.77. The van der Waals surface area contributed by atoms with E-state index < -0.39 is 23.3 Å². The molecule has 1 aliphatic carbocycles. The summed E-state index contributed by atoms with van der Waals surface area (Å²) in [6, 6.07) is -0.808. The number of hydrazine groups is 1. The van der Waals surface area contributed by atoms with E-state index in [2.05, 4.69) is 21.1 Å². The van der Waals surface area contributed by atoms with Crippen LogP contribution in [0.25, 0.3) is 0 Å². The Morgan fingerprint density at radius 1 is 1.06 bits per heavy atom. The van der Waals surface area contributed by atoms with Crippen molar-refractivity contribution in [1.29, 1.82) is 0 Å². The highest BCUT2D eigenvalue weighted by Gasteiger charge is 2.42. The third-order valence-corrected chi connectivity index (χ3v) is 6.73. The van der Waals surface area contributed by atoms with Gasteiger partial charge in [-0.1, -0.05) is 39.0 Å². The zero-order valence-corrected chi connectivity index (χ0v) is 19.5. The van der Waals surface area contributed by atoms with E-state index in [4.69, 9.17) is 9.47 Å². The van der Waals surface area contributed by atoms with E-state index in [1.165, 1.54) is 0 Å². The first-order valence-electron chi connectivity index (χ1n) is 12.4. The van der Waals surface area contributed by atoms with Crippen molar-refractivity contribution in [3.05, 3.63) is 0 Å². The Morgan fingerprint density at radius 3 is 2.47 bits per heavy atom. The Balaban J connectivity index is 1.63. The minimum atomic E-state index is -0.808. The van der Waals surface area contributed by atoms with Crippen LogP contribution in [0.2, 0.25) is 0 Å². The molecule has 2 heterocycles. The molecule has 0 bridgehead atoms. The highest BCUT2D eigenvalue weighted by molar-refractivity contribution is 6.38. The molecule has 2 amide bonds. The lowest BCUT2D eigenvalue weighted by atomic mass is 9.81. The van der Waals surface area contributed by atoms with Gasteiger partial charge in [-0.25, -0.2) is 10.4 Å². The van der Waals surface area contributed by atoms with Crippen molar-refractivity contribution < 1.29 is 23.9 Å². The van der Waals surface area contributed by atoms with Gasteiger partial charge in [0.1, 0.15) is 5.54 Å². The summed E-state index contributed by atoms with van der Waals surface area (Å²) < 4.78 is 10.9. The van der Waals surface area contributed by atoms with Crippen LogP contribution in [0.5, 0.6) is 0 Å². The van der Waals surface area contributed by atoms with Gasteiger partial charge in [-0.3, -0.25) is 14.4 Å². The van der Waals surface area contributed by atoms with Gasteiger partial charge in [0.25, 0.3) is 5.91 Å². The minimum absolute atomic E-state index is 0.0290. The monoisotopic (exact) mass is 452 g/mol. The molecule has 1 saturated carbocycles. The summed E-state index contributed by atoms with van der Waals surface area (Å²) >= 11 is 0. The van der Waals surface area contributed by atoms with Crippen molar-refractivity contribution in [2.24, 2.45) is 0 Å². The van der Waals surface area contributed by atoms with Crippen LogP contribution in [0, 0.1) is 0 Å². The molecule has 0 aromatic heterocycles. The summed E-state index contributed by atoms with van der Waals surface area (Å²) in [5.41, 5.74) is 2.73. The molecule has 3 fully saturated rings. The molecule has 1 unspecified atom stereocenters. The number of morpholine rings is 1. The fourth-order valence-corrected chi connectivity index (χ4v) is 4.75. The molecule has 2 saturated heterocycles. The summed E-state index contributed by atoms with van der Waals surface area (Å²) in [4.78, 5) is 39.0. The van der Waals surface area contributed by atoms with Gasteiger partial charge >= 0.3 is 0 Å². The first-order valence-corrected chi connectivity index (χ1v) is 12.4. The number of Topliss-reactive ketones (excluding diaryl/α,β-unsaturated/α-hetero) is 1. The molecular weight excluding hydrogens is 412 g/mol. The molecule has 2 atom stereocenters. The van der Waals surface area contributed by atoms with Gasteiger partial charge in [-0.15, -0.1) is 0 Å². The van der Waals surface area contributed by atoms with Crippen molar-refractivity contribution >= 4 is 17.6 Å². The van der Waals surface area contributed by atoms with Gasteiger partial charge in [0.15, 0.2) is 0 Å². The number of ketones is 1. The minimum Gasteiger partial charge on any atom is -0.379 e. The first kappa shape index (κ1) is 25.1. The molecule has 3 aliphatic rings. The van der Waals surface area contributed by atoms with Crippen molar-refractivity contribution in [2.45, 2.75) is 88.8 Å². The number of nitrogens with zero attached hydrogens (tertiary/aromatic N) is 1. The van der Waals surface area contributed by atoms with E-state index in [9.17, 15) is 14.4 Å². The van der Waals surface area contributed by atoms with Gasteiger partial charge in [0.05, 0.1) is 25.4 Å². The molecule has 182 valence electrons. The summed E-state index contributed by atoms with van der Waals surface area (Å²) in [6.07, 6.45) is 8.40. The summed E-state index contributed by atoms with van der Waals surface area (Å²) in [7, 11) is 0. The van der Waals surface area contributed by atoms with Crippen LogP contribution in [0.15, 0.2) is 0 Å². The number of carbonyl (C=O) groups excluding carboxylic acids is 3. The molecule has 3 rings (SSSR count). The van der Waals surface area contributed by atoms with Gasteiger partial charge in [-0.05, 0) is 32.1 Å². The van der Waals surface area contributed by atoms with Crippen LogP contribution in [-0.4, -0.2) is 79.7 Å². The lowest BCUT2D eigenvalue weighted by molar-refractivity contribution is -0.142. The van der Waals surface area contributed by atoms with Gasteiger partial charge < -0.3 is 20.1 Å². The molecule has 0 radical (unpaired) electrons. The van der Waals surface area contributed by atoms with Gasteiger partial charge in [-0.2, -0.15) is 0 Å². The number of ether oxygens (including phenoxy) is 2. The maximum Gasteiger partial charge on any atom is 0.289 e. The Hall–Kier alpha value is -1.55. The van der Waals surface area contributed by atoms with E-state index in [1.807, 2.05) is 6.92 Å². The van der Waals surface area contributed by atoms with Crippen molar-refractivity contribution in [1.82, 2.24) is 21.1 Å². The molecular formula is C23H40N4O5. The van der Waals surface area contributed by atoms with Crippen LogP contribution < -0.4 is 16.1 Å². The van der Waals surface area contributed by atoms with Crippen molar-refractivity contribution in [3.63, 3.8) is 0 Å². The molecule has 0 spiro atoms. The Kier molecular flexibility index (Phi) is 9.90. The second kappa shape index (κ2) is 12.6. The number of nitrogens with one attached hydrogen (secondary N) is 3. The Labute approximate surface area is 191 Å². The number of carbonyl (C=O) groups is 3. The normalized spacial score (nSPS) is 24.6. The predicted molar refractivity (Wildman–Crippen MR) is 120 cm³/mol. The highest BCUT2D eigenvalue weighted by atomic mass is 16.5. The average Bonchev–Trinajstić information content (AvgIpc) is 3.34.